The minimum Gasteiger partial charge on any atom is -0.454 e. The summed E-state index contributed by atoms with van der Waals surface area (Å²) in [6, 6.07) is 7.04. The van der Waals surface area contributed by atoms with Gasteiger partial charge in [0, 0.05) is 34.3 Å². The number of aryl methyl sites for hydroxylation is 1. The van der Waals surface area contributed by atoms with E-state index in [1.165, 1.54) is 16.8 Å². The number of nitrogens with one attached hydrogen (secondary N) is 1. The van der Waals surface area contributed by atoms with Crippen LogP contribution >= 0.6 is 11.6 Å². The second-order valence-electron chi connectivity index (χ2n) is 7.40. The number of hydrogen-bond donors (Lipinski definition) is 1. The van der Waals surface area contributed by atoms with Crippen molar-refractivity contribution in [1.29, 1.82) is 0 Å². The SMILES string of the molecule is Cc1nn(C2CCS(=O)(=O)C2)c(Cl)c1C=CC(=O)OCC(=O)c1c[nH]c2ccccc12. The molecular formula is C21H20ClN3O5S. The second-order valence-corrected chi connectivity index (χ2v) is 9.99. The van der Waals surface area contributed by atoms with Crippen LogP contribution in [0.2, 0.25) is 5.15 Å². The lowest BCUT2D eigenvalue weighted by atomic mass is 10.1. The Morgan fingerprint density at radius 3 is 2.87 bits per heavy atom. The van der Waals surface area contributed by atoms with Gasteiger partial charge in [-0.15, -0.1) is 0 Å². The fourth-order valence-corrected chi connectivity index (χ4v) is 5.72. The maximum absolute atomic E-state index is 12.4. The zero-order valence-electron chi connectivity index (χ0n) is 16.7. The number of halogens is 1. The summed E-state index contributed by atoms with van der Waals surface area (Å²) < 4.78 is 30.0. The molecule has 1 aliphatic rings. The number of hydrogen-bond acceptors (Lipinski definition) is 6. The number of ether oxygens (including phenoxy) is 1. The number of fused-ring (bicyclic) bond motifs is 1. The van der Waals surface area contributed by atoms with Crippen molar-refractivity contribution >= 4 is 50.2 Å². The number of rotatable bonds is 6. The van der Waals surface area contributed by atoms with Crippen molar-refractivity contribution < 1.29 is 22.7 Å². The number of H-pyrrole nitrogens is 1. The van der Waals surface area contributed by atoms with E-state index in [4.69, 9.17) is 16.3 Å². The Labute approximate surface area is 183 Å². The average molecular weight is 462 g/mol. The lowest BCUT2D eigenvalue weighted by Crippen LogP contribution is -2.12. The van der Waals surface area contributed by atoms with Crippen LogP contribution in [0.3, 0.4) is 0 Å². The van der Waals surface area contributed by atoms with Gasteiger partial charge >= 0.3 is 5.97 Å². The predicted octanol–water partition coefficient (Wildman–Crippen LogP) is 3.13. The molecule has 1 atom stereocenters. The minimum atomic E-state index is -3.08. The van der Waals surface area contributed by atoms with E-state index < -0.39 is 22.4 Å². The van der Waals surface area contributed by atoms with Gasteiger partial charge in [0.05, 0.1) is 23.2 Å². The van der Waals surface area contributed by atoms with Crippen LogP contribution in [0, 0.1) is 6.92 Å². The molecule has 0 saturated carbocycles. The molecule has 1 fully saturated rings. The van der Waals surface area contributed by atoms with E-state index in [0.29, 0.717) is 23.2 Å². The van der Waals surface area contributed by atoms with E-state index in [2.05, 4.69) is 10.1 Å². The molecule has 0 bridgehead atoms. The first-order valence-electron chi connectivity index (χ1n) is 9.64. The van der Waals surface area contributed by atoms with E-state index in [1.807, 2.05) is 24.3 Å². The van der Waals surface area contributed by atoms with Crippen LogP contribution in [0.5, 0.6) is 0 Å². The zero-order chi connectivity index (χ0) is 22.2. The van der Waals surface area contributed by atoms with E-state index in [9.17, 15) is 18.0 Å². The van der Waals surface area contributed by atoms with Gasteiger partial charge in [0.25, 0.3) is 0 Å². The molecule has 0 radical (unpaired) electrons. The van der Waals surface area contributed by atoms with Crippen molar-refractivity contribution in [2.45, 2.75) is 19.4 Å². The van der Waals surface area contributed by atoms with E-state index in [0.717, 1.165) is 10.9 Å². The summed E-state index contributed by atoms with van der Waals surface area (Å²) in [5.41, 5.74) is 2.35. The van der Waals surface area contributed by atoms with Crippen molar-refractivity contribution in [3.8, 4) is 0 Å². The molecule has 2 aromatic heterocycles. The minimum absolute atomic E-state index is 0.00498. The number of ketones is 1. The molecule has 1 unspecified atom stereocenters. The fourth-order valence-electron chi connectivity index (χ4n) is 3.65. The number of aromatic amines is 1. The molecule has 4 rings (SSSR count). The van der Waals surface area contributed by atoms with Crippen LogP contribution in [-0.2, 0) is 19.4 Å². The van der Waals surface area contributed by atoms with E-state index in [-0.39, 0.29) is 28.5 Å². The molecule has 8 nitrogen and oxygen atoms in total. The summed E-state index contributed by atoms with van der Waals surface area (Å²) in [5, 5.41) is 5.36. The predicted molar refractivity (Wildman–Crippen MR) is 117 cm³/mol. The van der Waals surface area contributed by atoms with E-state index >= 15 is 0 Å². The molecular weight excluding hydrogens is 442 g/mol. The highest BCUT2D eigenvalue weighted by atomic mass is 35.5. The summed E-state index contributed by atoms with van der Waals surface area (Å²) >= 11 is 6.38. The Bertz CT molecular complexity index is 1310. The maximum Gasteiger partial charge on any atom is 0.331 e. The Hall–Kier alpha value is -2.91. The Morgan fingerprint density at radius 2 is 2.13 bits per heavy atom. The standard InChI is InChI=1S/C21H20ClN3O5S/c1-13-15(21(22)25(24-13)14-8-9-31(28,29)12-14)6-7-20(27)30-11-19(26)17-10-23-18-5-3-2-4-16(17)18/h2-7,10,14,23H,8-9,11-12H2,1H3. The van der Waals surface area contributed by atoms with Crippen LogP contribution in [0.4, 0.5) is 0 Å². The van der Waals surface area contributed by atoms with Crippen molar-refractivity contribution in [3.63, 3.8) is 0 Å². The smallest absolute Gasteiger partial charge is 0.331 e. The van der Waals surface area contributed by atoms with Crippen LogP contribution < -0.4 is 0 Å². The van der Waals surface area contributed by atoms with Gasteiger partial charge in [-0.05, 0) is 25.5 Å². The topological polar surface area (TPSA) is 111 Å². The van der Waals surface area contributed by atoms with Crippen LogP contribution in [0.15, 0.2) is 36.5 Å². The van der Waals surface area contributed by atoms with Crippen molar-refractivity contribution in [3.05, 3.63) is 58.5 Å². The molecule has 1 saturated heterocycles. The summed E-state index contributed by atoms with van der Waals surface area (Å²) in [4.78, 5) is 27.5. The molecule has 1 aliphatic heterocycles. The first kappa shape index (κ1) is 21.3. The first-order chi connectivity index (χ1) is 14.7. The zero-order valence-corrected chi connectivity index (χ0v) is 18.2. The van der Waals surface area contributed by atoms with Crippen LogP contribution in [0.1, 0.15) is 34.1 Å². The van der Waals surface area contributed by atoms with Crippen LogP contribution in [-0.4, -0.2) is 53.0 Å². The number of benzene rings is 1. The number of carbonyl (C=O) groups is 2. The highest BCUT2D eigenvalue weighted by molar-refractivity contribution is 7.91. The monoisotopic (exact) mass is 461 g/mol. The largest absolute Gasteiger partial charge is 0.454 e. The van der Waals surface area contributed by atoms with Gasteiger partial charge < -0.3 is 9.72 Å². The second kappa shape index (κ2) is 8.32. The van der Waals surface area contributed by atoms with Gasteiger partial charge in [0.15, 0.2) is 16.4 Å². The van der Waals surface area contributed by atoms with Gasteiger partial charge in [-0.3, -0.25) is 4.79 Å². The molecule has 10 heteroatoms. The molecule has 31 heavy (non-hydrogen) atoms. The highest BCUT2D eigenvalue weighted by Crippen LogP contribution is 2.30. The van der Waals surface area contributed by atoms with Crippen molar-refractivity contribution in [1.82, 2.24) is 14.8 Å². The summed E-state index contributed by atoms with van der Waals surface area (Å²) in [6.07, 6.45) is 4.68. The van der Waals surface area contributed by atoms with Crippen molar-refractivity contribution in [2.75, 3.05) is 18.1 Å². The fraction of sp³-hybridized carbons (Fsp3) is 0.286. The summed E-state index contributed by atoms with van der Waals surface area (Å²) in [7, 11) is -3.08. The van der Waals surface area contributed by atoms with Gasteiger partial charge in [0.2, 0.25) is 5.78 Å². The number of aromatic nitrogens is 3. The Morgan fingerprint density at radius 1 is 1.35 bits per heavy atom. The number of nitrogens with zero attached hydrogens (tertiary/aromatic N) is 2. The number of esters is 1. The first-order valence-corrected chi connectivity index (χ1v) is 11.8. The number of para-hydroxylation sites is 1. The summed E-state index contributed by atoms with van der Waals surface area (Å²) in [5.74, 6) is -0.910. The quantitative estimate of drug-likeness (QED) is 0.343. The van der Waals surface area contributed by atoms with Gasteiger partial charge in [-0.2, -0.15) is 5.10 Å². The molecule has 162 valence electrons. The number of sulfone groups is 1. The molecule has 3 aromatic rings. The molecule has 3 heterocycles. The van der Waals surface area contributed by atoms with E-state index in [1.54, 1.807) is 13.1 Å². The molecule has 1 N–H and O–H groups in total. The number of carbonyl (C=O) groups excluding carboxylic acids is 2. The van der Waals surface area contributed by atoms with Gasteiger partial charge in [-0.25, -0.2) is 17.9 Å². The third-order valence-corrected chi connectivity index (χ3v) is 7.37. The lowest BCUT2D eigenvalue weighted by Gasteiger charge is -2.09. The molecule has 0 spiro atoms. The lowest BCUT2D eigenvalue weighted by molar-refractivity contribution is -0.136. The highest BCUT2D eigenvalue weighted by Gasteiger charge is 2.31. The van der Waals surface area contributed by atoms with Crippen molar-refractivity contribution in [2.24, 2.45) is 0 Å². The third kappa shape index (κ3) is 4.42. The normalized spacial score (nSPS) is 18.1. The Kier molecular flexibility index (Phi) is 5.72. The molecule has 0 aliphatic carbocycles. The maximum atomic E-state index is 12.4. The van der Waals surface area contributed by atoms with Crippen LogP contribution in [0.25, 0.3) is 17.0 Å². The van der Waals surface area contributed by atoms with Gasteiger partial charge in [0.1, 0.15) is 5.15 Å². The average Bonchev–Trinajstić information content (AvgIpc) is 3.40. The van der Waals surface area contributed by atoms with Gasteiger partial charge in [-0.1, -0.05) is 29.8 Å². The Balaban J connectivity index is 1.41. The molecule has 1 aromatic carbocycles. The summed E-state index contributed by atoms with van der Waals surface area (Å²) in [6.45, 7) is 1.33. The molecule has 0 amide bonds. The third-order valence-electron chi connectivity index (χ3n) is 5.25. The number of Topliss-reactive ketones (excluding diaryl/α,β-unsaturated/α-hetero) is 1.